The Morgan fingerprint density at radius 3 is 1.82 bits per heavy atom. The molecule has 1 saturated carbocycles. The molecule has 2 rings (SSSR count). The van der Waals surface area contributed by atoms with Crippen molar-refractivity contribution in [1.29, 1.82) is 0 Å². The van der Waals surface area contributed by atoms with Crippen LogP contribution in [0.3, 0.4) is 0 Å². The lowest BCUT2D eigenvalue weighted by Gasteiger charge is -2.25. The minimum absolute atomic E-state index is 0.954. The van der Waals surface area contributed by atoms with E-state index in [1.807, 2.05) is 0 Å². The third-order valence-corrected chi connectivity index (χ3v) is 3.74. The highest BCUT2D eigenvalue weighted by Crippen LogP contribution is 2.50. The quantitative estimate of drug-likeness (QED) is 0.530. The van der Waals surface area contributed by atoms with Gasteiger partial charge in [0.25, 0.3) is 0 Å². The molecule has 0 nitrogen and oxygen atoms in total. The van der Waals surface area contributed by atoms with Crippen LogP contribution in [0, 0.1) is 23.7 Å². The molecule has 0 aliphatic heterocycles. The standard InChI is InChI=1S/C11H18/c1-3-10-8-5-6-9(7-8)11(10)4-2/h5-6,8-11H,3-4,7H2,1-2H3/t8-,9+,10-,11+. The Bertz CT molecular complexity index is 151. The Hall–Kier alpha value is -0.260. The van der Waals surface area contributed by atoms with Gasteiger partial charge >= 0.3 is 0 Å². The second-order valence-corrected chi connectivity index (χ2v) is 4.09. The van der Waals surface area contributed by atoms with Gasteiger partial charge in [-0.25, -0.2) is 0 Å². The van der Waals surface area contributed by atoms with Gasteiger partial charge in [-0.05, 0) is 30.1 Å². The molecule has 0 radical (unpaired) electrons. The summed E-state index contributed by atoms with van der Waals surface area (Å²) >= 11 is 0. The highest BCUT2D eigenvalue weighted by Gasteiger charge is 2.41. The Kier molecular flexibility index (Phi) is 1.78. The number of fused-ring (bicyclic) bond motifs is 2. The van der Waals surface area contributed by atoms with Crippen molar-refractivity contribution in [2.45, 2.75) is 33.1 Å². The van der Waals surface area contributed by atoms with Gasteiger partial charge in [-0.1, -0.05) is 38.8 Å². The lowest BCUT2D eigenvalue weighted by atomic mass is 9.80. The maximum absolute atomic E-state index is 2.46. The van der Waals surface area contributed by atoms with Crippen LogP contribution in [-0.4, -0.2) is 0 Å². The van der Waals surface area contributed by atoms with Gasteiger partial charge in [0.2, 0.25) is 0 Å². The zero-order valence-electron chi connectivity index (χ0n) is 7.59. The number of rotatable bonds is 2. The van der Waals surface area contributed by atoms with E-state index in [9.17, 15) is 0 Å². The molecule has 62 valence electrons. The molecule has 2 aliphatic carbocycles. The summed E-state index contributed by atoms with van der Waals surface area (Å²) in [5, 5.41) is 0. The highest BCUT2D eigenvalue weighted by molar-refractivity contribution is 5.12. The van der Waals surface area contributed by atoms with Gasteiger partial charge in [-0.3, -0.25) is 0 Å². The molecule has 0 amide bonds. The van der Waals surface area contributed by atoms with Crippen molar-refractivity contribution in [2.24, 2.45) is 23.7 Å². The van der Waals surface area contributed by atoms with E-state index in [0.717, 1.165) is 23.7 Å². The maximum atomic E-state index is 2.46. The van der Waals surface area contributed by atoms with Crippen LogP contribution >= 0.6 is 0 Å². The van der Waals surface area contributed by atoms with Crippen LogP contribution in [0.15, 0.2) is 12.2 Å². The van der Waals surface area contributed by atoms with Crippen LogP contribution in [0.2, 0.25) is 0 Å². The van der Waals surface area contributed by atoms with Crippen LogP contribution in [0.25, 0.3) is 0 Å². The summed E-state index contributed by atoms with van der Waals surface area (Å²) in [5.41, 5.74) is 0. The fourth-order valence-corrected chi connectivity index (χ4v) is 3.24. The zero-order chi connectivity index (χ0) is 7.84. The molecule has 11 heavy (non-hydrogen) atoms. The molecular weight excluding hydrogens is 132 g/mol. The minimum Gasteiger partial charge on any atom is -0.0848 e. The summed E-state index contributed by atoms with van der Waals surface area (Å²) in [6, 6.07) is 0. The van der Waals surface area contributed by atoms with Gasteiger partial charge in [0.1, 0.15) is 0 Å². The van der Waals surface area contributed by atoms with E-state index in [-0.39, 0.29) is 0 Å². The number of allylic oxidation sites excluding steroid dienone is 2. The van der Waals surface area contributed by atoms with E-state index in [2.05, 4.69) is 26.0 Å². The predicted octanol–water partition coefficient (Wildman–Crippen LogP) is 3.24. The van der Waals surface area contributed by atoms with Crippen molar-refractivity contribution < 1.29 is 0 Å². The fourth-order valence-electron chi connectivity index (χ4n) is 3.24. The van der Waals surface area contributed by atoms with Crippen molar-refractivity contribution in [2.75, 3.05) is 0 Å². The molecule has 2 aliphatic rings. The maximum Gasteiger partial charge on any atom is -0.0197 e. The van der Waals surface area contributed by atoms with E-state index in [4.69, 9.17) is 0 Å². The van der Waals surface area contributed by atoms with Gasteiger partial charge in [-0.15, -0.1) is 0 Å². The summed E-state index contributed by atoms with van der Waals surface area (Å²) in [5.74, 6) is 3.95. The third-order valence-electron chi connectivity index (χ3n) is 3.74. The number of hydrogen-bond donors (Lipinski definition) is 0. The van der Waals surface area contributed by atoms with Crippen molar-refractivity contribution >= 4 is 0 Å². The molecule has 0 heteroatoms. The third kappa shape index (κ3) is 0.953. The average Bonchev–Trinajstić information content (AvgIpc) is 2.60. The molecule has 0 unspecified atom stereocenters. The molecule has 0 saturated heterocycles. The van der Waals surface area contributed by atoms with Gasteiger partial charge < -0.3 is 0 Å². The molecule has 0 aromatic carbocycles. The van der Waals surface area contributed by atoms with Crippen LogP contribution in [0.5, 0.6) is 0 Å². The lowest BCUT2D eigenvalue weighted by Crippen LogP contribution is -2.17. The monoisotopic (exact) mass is 150 g/mol. The molecule has 0 aromatic heterocycles. The molecule has 4 atom stereocenters. The van der Waals surface area contributed by atoms with Gasteiger partial charge in [-0.2, -0.15) is 0 Å². The van der Waals surface area contributed by atoms with E-state index in [1.54, 1.807) is 0 Å². The Balaban J connectivity index is 2.15. The minimum atomic E-state index is 0.954. The Morgan fingerprint density at radius 2 is 1.45 bits per heavy atom. The van der Waals surface area contributed by atoms with Gasteiger partial charge in [0.05, 0.1) is 0 Å². The molecule has 0 N–H and O–H groups in total. The SMILES string of the molecule is CC[C@@H]1[C@H](CC)[C@@H]2C=C[C@H]1C2. The Morgan fingerprint density at radius 1 is 1.00 bits per heavy atom. The van der Waals surface area contributed by atoms with Crippen molar-refractivity contribution in [3.05, 3.63) is 12.2 Å². The van der Waals surface area contributed by atoms with Crippen LogP contribution < -0.4 is 0 Å². The zero-order valence-corrected chi connectivity index (χ0v) is 7.59. The van der Waals surface area contributed by atoms with Crippen LogP contribution in [0.4, 0.5) is 0 Å². The van der Waals surface area contributed by atoms with Crippen LogP contribution in [0.1, 0.15) is 33.1 Å². The molecule has 1 fully saturated rings. The van der Waals surface area contributed by atoms with E-state index >= 15 is 0 Å². The smallest absolute Gasteiger partial charge is 0.0197 e. The predicted molar refractivity (Wildman–Crippen MR) is 48.3 cm³/mol. The summed E-state index contributed by atoms with van der Waals surface area (Å²) in [6.07, 6.45) is 9.18. The second-order valence-electron chi connectivity index (χ2n) is 4.09. The van der Waals surface area contributed by atoms with Gasteiger partial charge in [0.15, 0.2) is 0 Å². The first kappa shape index (κ1) is 7.39. The summed E-state index contributed by atoms with van der Waals surface area (Å²) in [6.45, 7) is 4.70. The fraction of sp³-hybridized carbons (Fsp3) is 0.818. The molecular formula is C11H18. The Labute approximate surface area is 69.7 Å². The first-order chi connectivity index (χ1) is 5.36. The van der Waals surface area contributed by atoms with Crippen molar-refractivity contribution in [3.63, 3.8) is 0 Å². The number of hydrogen-bond acceptors (Lipinski definition) is 0. The molecule has 0 aromatic rings. The molecule has 0 spiro atoms. The molecule has 2 bridgehead atoms. The average molecular weight is 150 g/mol. The van der Waals surface area contributed by atoms with E-state index < -0.39 is 0 Å². The van der Waals surface area contributed by atoms with Gasteiger partial charge in [0, 0.05) is 0 Å². The first-order valence-corrected chi connectivity index (χ1v) is 5.05. The van der Waals surface area contributed by atoms with Crippen molar-refractivity contribution in [1.82, 2.24) is 0 Å². The summed E-state index contributed by atoms with van der Waals surface area (Å²) < 4.78 is 0. The normalized spacial score (nSPS) is 47.1. The largest absolute Gasteiger partial charge is 0.0848 e. The lowest BCUT2D eigenvalue weighted by molar-refractivity contribution is 0.292. The van der Waals surface area contributed by atoms with E-state index in [0.29, 0.717) is 0 Å². The highest BCUT2D eigenvalue weighted by atomic mass is 14.5. The summed E-state index contributed by atoms with van der Waals surface area (Å²) in [7, 11) is 0. The molecule has 0 heterocycles. The van der Waals surface area contributed by atoms with Crippen LogP contribution in [-0.2, 0) is 0 Å². The second kappa shape index (κ2) is 2.66. The topological polar surface area (TPSA) is 0 Å². The first-order valence-electron chi connectivity index (χ1n) is 5.05. The summed E-state index contributed by atoms with van der Waals surface area (Å²) in [4.78, 5) is 0. The van der Waals surface area contributed by atoms with Crippen molar-refractivity contribution in [3.8, 4) is 0 Å². The van der Waals surface area contributed by atoms with E-state index in [1.165, 1.54) is 19.3 Å².